The van der Waals surface area contributed by atoms with E-state index in [-0.39, 0.29) is 6.04 Å². The fraction of sp³-hybridized carbons (Fsp3) is 0.500. The third kappa shape index (κ3) is 2.86. The lowest BCUT2D eigenvalue weighted by Gasteiger charge is -2.38. The van der Waals surface area contributed by atoms with Crippen LogP contribution in [-0.2, 0) is 10.0 Å². The lowest BCUT2D eigenvalue weighted by Crippen LogP contribution is -2.48. The zero-order chi connectivity index (χ0) is 12.5. The molecule has 17 heavy (non-hydrogen) atoms. The minimum atomic E-state index is -3.08. The molecule has 1 saturated heterocycles. The number of hydrogen-bond acceptors (Lipinski definition) is 3. The lowest BCUT2D eigenvalue weighted by atomic mass is 10.0. The number of sulfonamides is 1. The van der Waals surface area contributed by atoms with E-state index in [9.17, 15) is 8.42 Å². The molecule has 0 radical (unpaired) electrons. The summed E-state index contributed by atoms with van der Waals surface area (Å²) >= 11 is 0. The zero-order valence-corrected chi connectivity index (χ0v) is 11.0. The van der Waals surface area contributed by atoms with Crippen LogP contribution in [0, 0.1) is 0 Å². The molecule has 0 aliphatic carbocycles. The highest BCUT2D eigenvalue weighted by atomic mass is 32.2. The van der Waals surface area contributed by atoms with Gasteiger partial charge in [0, 0.05) is 25.7 Å². The van der Waals surface area contributed by atoms with Crippen molar-refractivity contribution in [3.05, 3.63) is 35.9 Å². The van der Waals surface area contributed by atoms with E-state index in [0.717, 1.165) is 6.54 Å². The first-order chi connectivity index (χ1) is 7.98. The summed E-state index contributed by atoms with van der Waals surface area (Å²) in [5, 5.41) is 0. The quantitative estimate of drug-likeness (QED) is 0.788. The van der Waals surface area contributed by atoms with Crippen LogP contribution in [0.4, 0.5) is 0 Å². The Hall–Kier alpha value is -0.910. The van der Waals surface area contributed by atoms with E-state index >= 15 is 0 Å². The zero-order valence-electron chi connectivity index (χ0n) is 10.2. The highest BCUT2D eigenvalue weighted by molar-refractivity contribution is 7.88. The van der Waals surface area contributed by atoms with E-state index in [1.54, 1.807) is 4.31 Å². The average molecular weight is 254 g/mol. The molecule has 4 nitrogen and oxygen atoms in total. The Kier molecular flexibility index (Phi) is 3.51. The van der Waals surface area contributed by atoms with E-state index in [0.29, 0.717) is 13.1 Å². The van der Waals surface area contributed by atoms with Gasteiger partial charge in [0.1, 0.15) is 0 Å². The summed E-state index contributed by atoms with van der Waals surface area (Å²) in [6.07, 6.45) is 1.28. The van der Waals surface area contributed by atoms with Crippen LogP contribution in [0.5, 0.6) is 0 Å². The van der Waals surface area contributed by atoms with E-state index in [1.807, 2.05) is 37.4 Å². The van der Waals surface area contributed by atoms with Crippen LogP contribution in [0.2, 0.25) is 0 Å². The van der Waals surface area contributed by atoms with Crippen LogP contribution >= 0.6 is 0 Å². The Morgan fingerprint density at radius 3 is 2.41 bits per heavy atom. The van der Waals surface area contributed by atoms with Gasteiger partial charge in [-0.25, -0.2) is 8.42 Å². The number of benzene rings is 1. The van der Waals surface area contributed by atoms with Crippen LogP contribution in [0.15, 0.2) is 30.3 Å². The summed E-state index contributed by atoms with van der Waals surface area (Å²) in [5.41, 5.74) is 1.17. The van der Waals surface area contributed by atoms with Crippen molar-refractivity contribution in [2.24, 2.45) is 0 Å². The molecule has 0 bridgehead atoms. The van der Waals surface area contributed by atoms with Gasteiger partial charge in [0.15, 0.2) is 0 Å². The normalized spacial score (nSPS) is 23.8. The second kappa shape index (κ2) is 4.76. The maximum atomic E-state index is 11.6. The molecule has 0 N–H and O–H groups in total. The standard InChI is InChI=1S/C12H18N2O2S/c1-13-8-9-14(17(2,15)16)10-12(13)11-6-4-3-5-7-11/h3-7,12H,8-10H2,1-2H3/t12-/m0/s1. The third-order valence-electron chi connectivity index (χ3n) is 3.26. The van der Waals surface area contributed by atoms with Crippen molar-refractivity contribution >= 4 is 10.0 Å². The molecule has 94 valence electrons. The van der Waals surface area contributed by atoms with Gasteiger partial charge < -0.3 is 0 Å². The molecule has 1 aliphatic rings. The highest BCUT2D eigenvalue weighted by Gasteiger charge is 2.29. The van der Waals surface area contributed by atoms with Crippen molar-refractivity contribution in [3.8, 4) is 0 Å². The minimum absolute atomic E-state index is 0.152. The summed E-state index contributed by atoms with van der Waals surface area (Å²) in [7, 11) is -1.04. The number of nitrogens with zero attached hydrogens (tertiary/aromatic N) is 2. The summed E-state index contributed by atoms with van der Waals surface area (Å²) in [5.74, 6) is 0. The molecule has 0 unspecified atom stereocenters. The SMILES string of the molecule is CN1CCN(S(C)(=O)=O)C[C@H]1c1ccccc1. The molecular weight excluding hydrogens is 236 g/mol. The molecule has 1 fully saturated rings. The topological polar surface area (TPSA) is 40.6 Å². The van der Waals surface area contributed by atoms with Crippen LogP contribution in [0.25, 0.3) is 0 Å². The van der Waals surface area contributed by atoms with Gasteiger partial charge in [0.2, 0.25) is 10.0 Å². The van der Waals surface area contributed by atoms with Crippen molar-refractivity contribution in [3.63, 3.8) is 0 Å². The Labute approximate surface area is 103 Å². The Bertz CT molecular complexity index is 473. The summed E-state index contributed by atoms with van der Waals surface area (Å²) in [6.45, 7) is 1.89. The smallest absolute Gasteiger partial charge is 0.211 e. The van der Waals surface area contributed by atoms with Gasteiger partial charge in [-0.05, 0) is 12.6 Å². The van der Waals surface area contributed by atoms with Crippen molar-refractivity contribution < 1.29 is 8.42 Å². The molecule has 1 aromatic carbocycles. The van der Waals surface area contributed by atoms with Gasteiger partial charge in [0.05, 0.1) is 6.26 Å². The lowest BCUT2D eigenvalue weighted by molar-refractivity contribution is 0.149. The fourth-order valence-electron chi connectivity index (χ4n) is 2.18. The van der Waals surface area contributed by atoms with Crippen LogP contribution in [0.3, 0.4) is 0 Å². The molecule has 5 heteroatoms. The van der Waals surface area contributed by atoms with Gasteiger partial charge in [0.25, 0.3) is 0 Å². The van der Waals surface area contributed by atoms with E-state index < -0.39 is 10.0 Å². The summed E-state index contributed by atoms with van der Waals surface area (Å²) in [6, 6.07) is 10.2. The Morgan fingerprint density at radius 1 is 1.18 bits per heavy atom. The number of piperazine rings is 1. The monoisotopic (exact) mass is 254 g/mol. The van der Waals surface area contributed by atoms with Gasteiger partial charge in [-0.3, -0.25) is 4.90 Å². The van der Waals surface area contributed by atoms with Crippen LogP contribution in [0.1, 0.15) is 11.6 Å². The molecule has 0 aromatic heterocycles. The van der Waals surface area contributed by atoms with Crippen molar-refractivity contribution in [1.29, 1.82) is 0 Å². The Morgan fingerprint density at radius 2 is 1.82 bits per heavy atom. The molecular formula is C12H18N2O2S. The Balaban J connectivity index is 2.22. The van der Waals surface area contributed by atoms with Crippen LogP contribution < -0.4 is 0 Å². The van der Waals surface area contributed by atoms with Gasteiger partial charge in [-0.1, -0.05) is 30.3 Å². The predicted molar refractivity (Wildman–Crippen MR) is 68.2 cm³/mol. The summed E-state index contributed by atoms with van der Waals surface area (Å²) < 4.78 is 24.7. The molecule has 1 aliphatic heterocycles. The van der Waals surface area contributed by atoms with E-state index in [1.165, 1.54) is 11.8 Å². The summed E-state index contributed by atoms with van der Waals surface area (Å²) in [4.78, 5) is 2.21. The maximum Gasteiger partial charge on any atom is 0.211 e. The minimum Gasteiger partial charge on any atom is -0.297 e. The van der Waals surface area contributed by atoms with E-state index in [2.05, 4.69) is 4.90 Å². The van der Waals surface area contributed by atoms with Gasteiger partial charge in [-0.15, -0.1) is 0 Å². The van der Waals surface area contributed by atoms with Crippen molar-refractivity contribution in [2.45, 2.75) is 6.04 Å². The van der Waals surface area contributed by atoms with Crippen molar-refractivity contribution in [1.82, 2.24) is 9.21 Å². The van der Waals surface area contributed by atoms with E-state index in [4.69, 9.17) is 0 Å². The van der Waals surface area contributed by atoms with Gasteiger partial charge >= 0.3 is 0 Å². The second-order valence-electron chi connectivity index (χ2n) is 4.53. The first kappa shape index (κ1) is 12.5. The predicted octanol–water partition coefficient (Wildman–Crippen LogP) is 0.935. The fourth-order valence-corrected chi connectivity index (χ4v) is 3.01. The third-order valence-corrected chi connectivity index (χ3v) is 4.53. The highest BCUT2D eigenvalue weighted by Crippen LogP contribution is 2.24. The first-order valence-electron chi connectivity index (χ1n) is 5.69. The molecule has 2 rings (SSSR count). The molecule has 0 spiro atoms. The molecule has 1 aromatic rings. The average Bonchev–Trinajstić information content (AvgIpc) is 2.29. The number of rotatable bonds is 2. The van der Waals surface area contributed by atoms with Gasteiger partial charge in [-0.2, -0.15) is 4.31 Å². The molecule has 1 atom stereocenters. The number of likely N-dealkylation sites (N-methyl/N-ethyl adjacent to an activating group) is 1. The first-order valence-corrected chi connectivity index (χ1v) is 7.53. The molecule has 0 saturated carbocycles. The number of hydrogen-bond donors (Lipinski definition) is 0. The second-order valence-corrected chi connectivity index (χ2v) is 6.51. The molecule has 0 amide bonds. The van der Waals surface area contributed by atoms with Crippen molar-refractivity contribution in [2.75, 3.05) is 32.9 Å². The molecule has 1 heterocycles. The largest absolute Gasteiger partial charge is 0.297 e. The maximum absolute atomic E-state index is 11.6. The van der Waals surface area contributed by atoms with Crippen LogP contribution in [-0.4, -0.2) is 50.6 Å².